The molecule has 0 aliphatic carbocycles. The number of benzene rings is 4. The first-order chi connectivity index (χ1) is 19.6. The maximum absolute atomic E-state index is 15.3. The summed E-state index contributed by atoms with van der Waals surface area (Å²) in [6, 6.07) is 24.2. The van der Waals surface area contributed by atoms with Gasteiger partial charge in [0.25, 0.3) is 26.0 Å². The van der Waals surface area contributed by atoms with E-state index in [0.29, 0.717) is 5.69 Å². The van der Waals surface area contributed by atoms with Crippen molar-refractivity contribution in [2.24, 2.45) is 0 Å². The van der Waals surface area contributed by atoms with Crippen molar-refractivity contribution in [3.63, 3.8) is 0 Å². The lowest BCUT2D eigenvalue weighted by Gasteiger charge is -2.25. The second-order valence-corrected chi connectivity index (χ2v) is 12.4. The molecule has 1 heterocycles. The van der Waals surface area contributed by atoms with Gasteiger partial charge in [0.1, 0.15) is 17.1 Å². The molecule has 4 aromatic carbocycles. The van der Waals surface area contributed by atoms with Crippen LogP contribution in [0.25, 0.3) is 5.69 Å². The summed E-state index contributed by atoms with van der Waals surface area (Å²) in [6.45, 7) is 0. The zero-order valence-corrected chi connectivity index (χ0v) is 22.6. The predicted molar refractivity (Wildman–Crippen MR) is 148 cm³/mol. The molecule has 0 saturated carbocycles. The number of hydrogen-bond donors (Lipinski definition) is 1. The van der Waals surface area contributed by atoms with Crippen LogP contribution in [0.15, 0.2) is 125 Å². The Hall–Kier alpha value is -4.88. The second-order valence-electron chi connectivity index (χ2n) is 8.55. The van der Waals surface area contributed by atoms with Gasteiger partial charge in [0.2, 0.25) is 5.95 Å². The van der Waals surface area contributed by atoms with Gasteiger partial charge in [-0.25, -0.2) is 25.9 Å². The average molecular weight is 595 g/mol. The molecule has 5 rings (SSSR count). The fourth-order valence-electron chi connectivity index (χ4n) is 3.93. The van der Waals surface area contributed by atoms with Crippen molar-refractivity contribution in [1.82, 2.24) is 9.78 Å². The molecular weight excluding hydrogens is 574 g/mol. The van der Waals surface area contributed by atoms with E-state index in [1.807, 2.05) is 0 Å². The van der Waals surface area contributed by atoms with Crippen LogP contribution in [0.1, 0.15) is 10.4 Å². The number of carbonyl (C=O) groups excluding carboxylic acids is 1. The lowest BCUT2D eigenvalue weighted by Crippen LogP contribution is -2.37. The van der Waals surface area contributed by atoms with Crippen molar-refractivity contribution in [1.29, 1.82) is 0 Å². The number of nitrogens with zero attached hydrogens (tertiary/aromatic N) is 3. The number of halogens is 2. The normalized spacial score (nSPS) is 11.7. The van der Waals surface area contributed by atoms with Gasteiger partial charge in [0.15, 0.2) is 0 Å². The first-order valence-electron chi connectivity index (χ1n) is 11.9. The summed E-state index contributed by atoms with van der Waals surface area (Å²) >= 11 is 0. The minimum atomic E-state index is -4.89. The molecule has 0 saturated heterocycles. The lowest BCUT2D eigenvalue weighted by molar-refractivity contribution is 0.102. The summed E-state index contributed by atoms with van der Waals surface area (Å²) in [5, 5.41) is 6.25. The van der Waals surface area contributed by atoms with Crippen molar-refractivity contribution < 1.29 is 30.4 Å². The molecule has 0 fully saturated rings. The number of nitrogens with one attached hydrogen (secondary N) is 1. The zero-order chi connectivity index (χ0) is 29.2. The molecule has 13 heteroatoms. The van der Waals surface area contributed by atoms with E-state index in [4.69, 9.17) is 0 Å². The molecule has 1 N–H and O–H groups in total. The summed E-state index contributed by atoms with van der Waals surface area (Å²) in [7, 11) is -9.79. The molecule has 0 aliphatic rings. The number of aromatic nitrogens is 2. The molecule has 41 heavy (non-hydrogen) atoms. The number of sulfonamides is 2. The van der Waals surface area contributed by atoms with E-state index in [0.717, 1.165) is 29.1 Å². The second kappa shape index (κ2) is 10.9. The Balaban J connectivity index is 1.57. The van der Waals surface area contributed by atoms with E-state index in [1.54, 1.807) is 30.3 Å². The van der Waals surface area contributed by atoms with Crippen molar-refractivity contribution in [3.05, 3.63) is 133 Å². The van der Waals surface area contributed by atoms with Crippen LogP contribution in [-0.4, -0.2) is 32.5 Å². The molecule has 1 aromatic heterocycles. The number of rotatable bonds is 8. The highest BCUT2D eigenvalue weighted by Gasteiger charge is 2.38. The quantitative estimate of drug-likeness (QED) is 0.271. The molecule has 0 unspecified atom stereocenters. The number of anilines is 2. The van der Waals surface area contributed by atoms with Gasteiger partial charge in [-0.2, -0.15) is 13.2 Å². The minimum absolute atomic E-state index is 0.0241. The predicted octanol–water partition coefficient (Wildman–Crippen LogP) is 4.99. The molecule has 1 amide bonds. The molecular formula is C28H20F2N4O5S2. The van der Waals surface area contributed by atoms with Crippen LogP contribution in [0.5, 0.6) is 0 Å². The Morgan fingerprint density at radius 3 is 1.78 bits per heavy atom. The molecule has 9 nitrogen and oxygen atoms in total. The fourth-order valence-corrected chi connectivity index (χ4v) is 7.66. The summed E-state index contributed by atoms with van der Waals surface area (Å²) in [4.78, 5) is 12.1. The van der Waals surface area contributed by atoms with Gasteiger partial charge in [-0.1, -0.05) is 54.6 Å². The van der Waals surface area contributed by atoms with Crippen molar-refractivity contribution >= 4 is 37.3 Å². The molecule has 0 bridgehead atoms. The highest BCUT2D eigenvalue weighted by atomic mass is 32.3. The monoisotopic (exact) mass is 594 g/mol. The maximum atomic E-state index is 15.3. The van der Waals surface area contributed by atoms with Gasteiger partial charge in [-0.3, -0.25) is 4.79 Å². The van der Waals surface area contributed by atoms with E-state index < -0.39 is 58.8 Å². The maximum Gasteiger partial charge on any atom is 0.277 e. The van der Waals surface area contributed by atoms with Crippen LogP contribution in [0.4, 0.5) is 20.2 Å². The average Bonchev–Trinajstić information content (AvgIpc) is 3.37. The first-order valence-corrected chi connectivity index (χ1v) is 14.8. The van der Waals surface area contributed by atoms with Gasteiger partial charge in [0, 0.05) is 5.69 Å². The Morgan fingerprint density at radius 2 is 1.24 bits per heavy atom. The summed E-state index contributed by atoms with van der Waals surface area (Å²) < 4.78 is 85.9. The number of amides is 1. The molecule has 0 aliphatic heterocycles. The van der Waals surface area contributed by atoms with Crippen molar-refractivity contribution in [3.8, 4) is 5.69 Å². The fraction of sp³-hybridized carbons (Fsp3) is 0. The third-order valence-corrected chi connectivity index (χ3v) is 10.1. The van der Waals surface area contributed by atoms with Crippen LogP contribution < -0.4 is 9.03 Å². The van der Waals surface area contributed by atoms with E-state index in [9.17, 15) is 21.6 Å². The van der Waals surface area contributed by atoms with Crippen molar-refractivity contribution in [2.75, 3.05) is 9.03 Å². The number of hydrogen-bond acceptors (Lipinski definition) is 6. The summed E-state index contributed by atoms with van der Waals surface area (Å²) in [5.41, 5.74) is -1.17. The van der Waals surface area contributed by atoms with Gasteiger partial charge in [0.05, 0.1) is 21.7 Å². The molecule has 0 spiro atoms. The van der Waals surface area contributed by atoms with Crippen LogP contribution in [-0.2, 0) is 20.0 Å². The Bertz CT molecular complexity index is 1870. The topological polar surface area (TPSA) is 118 Å². The van der Waals surface area contributed by atoms with Crippen LogP contribution in [0, 0.1) is 11.8 Å². The zero-order valence-electron chi connectivity index (χ0n) is 20.9. The molecule has 208 valence electrons. The molecule has 0 radical (unpaired) electrons. The first kappa shape index (κ1) is 27.7. The highest BCUT2D eigenvalue weighted by molar-refractivity contribution is 8.10. The number of para-hydroxylation sites is 1. The molecule has 5 aromatic rings. The van der Waals surface area contributed by atoms with Crippen LogP contribution in [0.2, 0.25) is 0 Å². The van der Waals surface area contributed by atoms with E-state index in [1.165, 1.54) is 60.7 Å². The van der Waals surface area contributed by atoms with E-state index in [2.05, 4.69) is 10.4 Å². The van der Waals surface area contributed by atoms with Crippen LogP contribution >= 0.6 is 0 Å². The summed E-state index contributed by atoms with van der Waals surface area (Å²) in [6.07, 6.45) is 0.994. The minimum Gasteiger partial charge on any atom is -0.322 e. The standard InChI is InChI=1S/C28H20F2N4O5S2/c29-25-17-16-20(32-28(35)24-19-31-33(27(24)30)21-10-4-1-5-11-21)18-26(25)34(40(36,37)22-12-6-2-7-13-22)41(38,39)23-14-8-3-9-15-23/h1-19H,(H,32,35). The van der Waals surface area contributed by atoms with Gasteiger partial charge in [-0.15, -0.1) is 0 Å². The van der Waals surface area contributed by atoms with Gasteiger partial charge < -0.3 is 5.32 Å². The van der Waals surface area contributed by atoms with Crippen LogP contribution in [0.3, 0.4) is 0 Å². The largest absolute Gasteiger partial charge is 0.322 e. The Kier molecular flexibility index (Phi) is 7.39. The Morgan fingerprint density at radius 1 is 0.732 bits per heavy atom. The molecule has 0 atom stereocenters. The lowest BCUT2D eigenvalue weighted by atomic mass is 10.2. The highest BCUT2D eigenvalue weighted by Crippen LogP contribution is 2.34. The third kappa shape index (κ3) is 5.32. The smallest absolute Gasteiger partial charge is 0.277 e. The van der Waals surface area contributed by atoms with Crippen molar-refractivity contribution in [2.45, 2.75) is 9.79 Å². The van der Waals surface area contributed by atoms with Gasteiger partial charge in [-0.05, 0) is 54.6 Å². The van der Waals surface area contributed by atoms with E-state index >= 15 is 8.78 Å². The SMILES string of the molecule is O=C(Nc1ccc(F)c(N(S(=O)(=O)c2ccccc2)S(=O)(=O)c2ccccc2)c1)c1cnn(-c2ccccc2)c1F. The number of carbonyl (C=O) groups is 1. The van der Waals surface area contributed by atoms with Gasteiger partial charge >= 0.3 is 0 Å². The summed E-state index contributed by atoms with van der Waals surface area (Å²) in [5.74, 6) is -3.16. The Labute approximate surface area is 234 Å². The third-order valence-electron chi connectivity index (χ3n) is 5.88. The van der Waals surface area contributed by atoms with E-state index in [-0.39, 0.29) is 9.40 Å².